The lowest BCUT2D eigenvalue weighted by Crippen LogP contribution is -2.55. The van der Waals surface area contributed by atoms with Crippen molar-refractivity contribution in [2.45, 2.75) is 39.3 Å². The van der Waals surface area contributed by atoms with E-state index >= 15 is 0 Å². The number of rotatable bonds is 2. The molecule has 3 rings (SSSR count). The maximum Gasteiger partial charge on any atom is 0.410 e. The molecule has 1 aliphatic heterocycles. The van der Waals surface area contributed by atoms with Crippen LogP contribution in [0.5, 0.6) is 0 Å². The van der Waals surface area contributed by atoms with E-state index in [4.69, 9.17) is 4.74 Å². The molecule has 2 aromatic rings. The molecule has 0 saturated carbocycles. The van der Waals surface area contributed by atoms with Crippen LogP contribution in [0.3, 0.4) is 0 Å². The Bertz CT molecular complexity index is 772. The van der Waals surface area contributed by atoms with E-state index in [2.05, 4.69) is 37.7 Å². The van der Waals surface area contributed by atoms with Crippen LogP contribution in [0.4, 0.5) is 10.6 Å². The highest BCUT2D eigenvalue weighted by molar-refractivity contribution is 9.10. The molecule has 7 nitrogen and oxygen atoms in total. The van der Waals surface area contributed by atoms with Gasteiger partial charge in [-0.3, -0.25) is 0 Å². The van der Waals surface area contributed by atoms with E-state index in [9.17, 15) is 4.79 Å². The van der Waals surface area contributed by atoms with E-state index in [1.807, 2.05) is 37.6 Å². The standard InChI is InChI=1S/C18H24BrN5O2/c1-13-11-22(17(25)26-18(2,3)4)7-8-24(13)16-15(9-14(19)10-21-16)23-6-5-20-12-23/h5-6,9-10,12-13H,7-8,11H2,1-4H3/t13-/m0/s1. The van der Waals surface area contributed by atoms with Gasteiger partial charge in [0.2, 0.25) is 0 Å². The minimum absolute atomic E-state index is 0.118. The van der Waals surface area contributed by atoms with E-state index in [0.29, 0.717) is 19.6 Å². The highest BCUT2D eigenvalue weighted by Gasteiger charge is 2.31. The first-order valence-electron chi connectivity index (χ1n) is 8.63. The van der Waals surface area contributed by atoms with Crippen molar-refractivity contribution in [1.82, 2.24) is 19.4 Å². The van der Waals surface area contributed by atoms with Gasteiger partial charge in [-0.15, -0.1) is 0 Å². The van der Waals surface area contributed by atoms with Gasteiger partial charge in [0.05, 0.1) is 12.0 Å². The monoisotopic (exact) mass is 421 g/mol. The molecule has 0 N–H and O–H groups in total. The zero-order chi connectivity index (χ0) is 18.9. The van der Waals surface area contributed by atoms with Crippen LogP contribution < -0.4 is 4.90 Å². The molecule has 2 aromatic heterocycles. The average Bonchev–Trinajstić information content (AvgIpc) is 3.08. The summed E-state index contributed by atoms with van der Waals surface area (Å²) in [5.41, 5.74) is 0.466. The zero-order valence-corrected chi connectivity index (χ0v) is 17.1. The molecule has 0 spiro atoms. The Labute approximate surface area is 162 Å². The normalized spacial score (nSPS) is 18.1. The number of piperazine rings is 1. The number of anilines is 1. The van der Waals surface area contributed by atoms with Gasteiger partial charge in [0.25, 0.3) is 0 Å². The number of hydrogen-bond acceptors (Lipinski definition) is 5. The third-order valence-corrected chi connectivity index (χ3v) is 4.58. The summed E-state index contributed by atoms with van der Waals surface area (Å²) in [6.45, 7) is 9.63. The lowest BCUT2D eigenvalue weighted by Gasteiger charge is -2.41. The van der Waals surface area contributed by atoms with Crippen molar-refractivity contribution in [3.05, 3.63) is 35.5 Å². The maximum atomic E-state index is 12.4. The minimum atomic E-state index is -0.487. The maximum absolute atomic E-state index is 12.4. The van der Waals surface area contributed by atoms with Gasteiger partial charge in [0.1, 0.15) is 5.60 Å². The molecule has 0 aliphatic carbocycles. The van der Waals surface area contributed by atoms with Gasteiger partial charge in [-0.25, -0.2) is 14.8 Å². The summed E-state index contributed by atoms with van der Waals surface area (Å²) in [5.74, 6) is 0.877. The Kier molecular flexibility index (Phi) is 5.22. The summed E-state index contributed by atoms with van der Waals surface area (Å²) in [4.78, 5) is 25.1. The first kappa shape index (κ1) is 18.7. The van der Waals surface area contributed by atoms with Crippen LogP contribution in [0.15, 0.2) is 35.5 Å². The van der Waals surface area contributed by atoms with Crippen molar-refractivity contribution in [2.75, 3.05) is 24.5 Å². The third-order valence-electron chi connectivity index (χ3n) is 4.15. The average molecular weight is 422 g/mol. The molecular formula is C18H24BrN5O2. The molecule has 0 aromatic carbocycles. The van der Waals surface area contributed by atoms with Gasteiger partial charge in [-0.1, -0.05) is 0 Å². The third kappa shape index (κ3) is 4.17. The van der Waals surface area contributed by atoms with Gasteiger partial charge in [0, 0.05) is 48.7 Å². The molecule has 0 radical (unpaired) electrons. The van der Waals surface area contributed by atoms with Gasteiger partial charge < -0.3 is 19.1 Å². The fourth-order valence-electron chi connectivity index (χ4n) is 3.00. The molecule has 1 fully saturated rings. The lowest BCUT2D eigenvalue weighted by atomic mass is 10.1. The minimum Gasteiger partial charge on any atom is -0.444 e. The predicted molar refractivity (Wildman–Crippen MR) is 104 cm³/mol. The topological polar surface area (TPSA) is 63.5 Å². The summed E-state index contributed by atoms with van der Waals surface area (Å²) in [7, 11) is 0. The summed E-state index contributed by atoms with van der Waals surface area (Å²) >= 11 is 3.49. The highest BCUT2D eigenvalue weighted by Crippen LogP contribution is 2.28. The van der Waals surface area contributed by atoms with E-state index < -0.39 is 5.60 Å². The second-order valence-electron chi connectivity index (χ2n) is 7.43. The number of nitrogens with zero attached hydrogens (tertiary/aromatic N) is 5. The van der Waals surface area contributed by atoms with Crippen molar-refractivity contribution >= 4 is 27.8 Å². The molecule has 1 aliphatic rings. The molecule has 26 heavy (non-hydrogen) atoms. The second kappa shape index (κ2) is 7.26. The van der Waals surface area contributed by atoms with E-state index in [1.165, 1.54) is 0 Å². The Hall–Kier alpha value is -2.09. The van der Waals surface area contributed by atoms with Crippen molar-refractivity contribution in [1.29, 1.82) is 0 Å². The van der Waals surface area contributed by atoms with E-state index in [0.717, 1.165) is 16.0 Å². The molecular weight excluding hydrogens is 398 g/mol. The van der Waals surface area contributed by atoms with Crippen LogP contribution in [-0.2, 0) is 4.74 Å². The largest absolute Gasteiger partial charge is 0.444 e. The molecule has 0 unspecified atom stereocenters. The first-order chi connectivity index (χ1) is 12.2. The quantitative estimate of drug-likeness (QED) is 0.742. The number of halogens is 1. The Morgan fingerprint density at radius 3 is 2.73 bits per heavy atom. The first-order valence-corrected chi connectivity index (χ1v) is 9.42. The Balaban J connectivity index is 1.80. The van der Waals surface area contributed by atoms with Gasteiger partial charge >= 0.3 is 6.09 Å². The lowest BCUT2D eigenvalue weighted by molar-refractivity contribution is 0.0218. The number of carbonyl (C=O) groups excluding carboxylic acids is 1. The molecule has 0 bridgehead atoms. The molecule has 1 atom stereocenters. The molecule has 1 saturated heterocycles. The van der Waals surface area contributed by atoms with Crippen molar-refractivity contribution in [3.8, 4) is 5.69 Å². The summed E-state index contributed by atoms with van der Waals surface area (Å²) < 4.78 is 8.35. The fourth-order valence-corrected chi connectivity index (χ4v) is 3.32. The summed E-state index contributed by atoms with van der Waals surface area (Å²) in [6.07, 6.45) is 6.93. The van der Waals surface area contributed by atoms with Gasteiger partial charge in [0.15, 0.2) is 5.82 Å². The predicted octanol–water partition coefficient (Wildman–Crippen LogP) is 3.48. The number of imidazole rings is 1. The summed E-state index contributed by atoms with van der Waals surface area (Å²) in [6, 6.07) is 2.14. The van der Waals surface area contributed by atoms with Crippen LogP contribution in [0.25, 0.3) is 5.69 Å². The van der Waals surface area contributed by atoms with E-state index in [-0.39, 0.29) is 12.1 Å². The number of carbonyl (C=O) groups is 1. The zero-order valence-electron chi connectivity index (χ0n) is 15.5. The number of hydrogen-bond donors (Lipinski definition) is 0. The SMILES string of the molecule is C[C@H]1CN(C(=O)OC(C)(C)C)CCN1c1ncc(Br)cc1-n1ccnc1. The van der Waals surface area contributed by atoms with E-state index in [1.54, 1.807) is 23.6 Å². The molecule has 1 amide bonds. The highest BCUT2D eigenvalue weighted by atomic mass is 79.9. The van der Waals surface area contributed by atoms with Gasteiger partial charge in [-0.05, 0) is 49.7 Å². The fraction of sp³-hybridized carbons (Fsp3) is 0.500. The number of ether oxygens (including phenoxy) is 1. The van der Waals surface area contributed by atoms with Crippen molar-refractivity contribution < 1.29 is 9.53 Å². The van der Waals surface area contributed by atoms with Crippen LogP contribution in [0.2, 0.25) is 0 Å². The number of pyridine rings is 1. The summed E-state index contributed by atoms with van der Waals surface area (Å²) in [5, 5.41) is 0. The van der Waals surface area contributed by atoms with Crippen LogP contribution in [0.1, 0.15) is 27.7 Å². The molecule has 3 heterocycles. The van der Waals surface area contributed by atoms with Crippen molar-refractivity contribution in [2.24, 2.45) is 0 Å². The van der Waals surface area contributed by atoms with Crippen LogP contribution in [0, 0.1) is 0 Å². The smallest absolute Gasteiger partial charge is 0.410 e. The number of aromatic nitrogens is 3. The second-order valence-corrected chi connectivity index (χ2v) is 8.35. The molecule has 140 valence electrons. The Morgan fingerprint density at radius 2 is 2.12 bits per heavy atom. The van der Waals surface area contributed by atoms with Crippen LogP contribution in [-0.4, -0.2) is 56.8 Å². The molecule has 8 heteroatoms. The Morgan fingerprint density at radius 1 is 1.35 bits per heavy atom. The van der Waals surface area contributed by atoms with Crippen LogP contribution >= 0.6 is 15.9 Å². The van der Waals surface area contributed by atoms with Crippen molar-refractivity contribution in [3.63, 3.8) is 0 Å². The number of amides is 1. The van der Waals surface area contributed by atoms with Gasteiger partial charge in [-0.2, -0.15) is 0 Å².